The molecule has 1 aliphatic carbocycles. The summed E-state index contributed by atoms with van der Waals surface area (Å²) in [7, 11) is 0. The smallest absolute Gasteiger partial charge is 0.129 e. The predicted molar refractivity (Wildman–Crippen MR) is 68.5 cm³/mol. The molecular formula is C14H27NO. The number of carbonyl (C=O) groups excluding carboxylic acids is 1. The lowest BCUT2D eigenvalue weighted by molar-refractivity contribution is -0.117. The highest BCUT2D eigenvalue weighted by Crippen LogP contribution is 2.38. The number of rotatable bonds is 7. The molecule has 0 aliphatic heterocycles. The van der Waals surface area contributed by atoms with Crippen LogP contribution in [0.2, 0.25) is 0 Å². The minimum Gasteiger partial charge on any atom is -0.316 e. The molecule has 0 aromatic rings. The van der Waals surface area contributed by atoms with Crippen molar-refractivity contribution in [3.8, 4) is 0 Å². The van der Waals surface area contributed by atoms with E-state index in [-0.39, 0.29) is 0 Å². The van der Waals surface area contributed by atoms with Gasteiger partial charge >= 0.3 is 0 Å². The summed E-state index contributed by atoms with van der Waals surface area (Å²) < 4.78 is 0. The van der Waals surface area contributed by atoms with Crippen LogP contribution < -0.4 is 5.32 Å². The molecule has 0 unspecified atom stereocenters. The molecule has 0 bridgehead atoms. The molecule has 2 heteroatoms. The van der Waals surface area contributed by atoms with Crippen molar-refractivity contribution in [3.05, 3.63) is 0 Å². The predicted octanol–water partition coefficient (Wildman–Crippen LogP) is 3.16. The maximum Gasteiger partial charge on any atom is 0.129 e. The standard InChI is InChI=1S/C14H27NO/c1-12(16)7-6-10-15-11-14(2,3)13-8-4-5-9-13/h13,15H,4-11H2,1-3H3. The van der Waals surface area contributed by atoms with Crippen molar-refractivity contribution in [3.63, 3.8) is 0 Å². The monoisotopic (exact) mass is 225 g/mol. The molecule has 0 atom stereocenters. The highest BCUT2D eigenvalue weighted by atomic mass is 16.1. The molecule has 1 saturated carbocycles. The summed E-state index contributed by atoms with van der Waals surface area (Å²) in [5, 5.41) is 3.51. The minimum absolute atomic E-state index is 0.303. The van der Waals surface area contributed by atoms with Crippen molar-refractivity contribution >= 4 is 5.78 Å². The van der Waals surface area contributed by atoms with E-state index in [2.05, 4.69) is 19.2 Å². The van der Waals surface area contributed by atoms with Crippen LogP contribution in [0.15, 0.2) is 0 Å². The summed E-state index contributed by atoms with van der Waals surface area (Å²) in [5.74, 6) is 1.20. The van der Waals surface area contributed by atoms with Gasteiger partial charge < -0.3 is 10.1 Å². The zero-order valence-corrected chi connectivity index (χ0v) is 11.1. The normalized spacial score (nSPS) is 17.9. The van der Waals surface area contributed by atoms with Gasteiger partial charge in [0.15, 0.2) is 0 Å². The number of nitrogens with one attached hydrogen (secondary N) is 1. The maximum absolute atomic E-state index is 10.8. The second-order valence-corrected chi connectivity index (χ2v) is 5.95. The van der Waals surface area contributed by atoms with Gasteiger partial charge in [0.1, 0.15) is 5.78 Å². The van der Waals surface area contributed by atoms with Crippen LogP contribution in [0.1, 0.15) is 59.3 Å². The fourth-order valence-corrected chi connectivity index (χ4v) is 2.72. The van der Waals surface area contributed by atoms with Crippen LogP contribution in [-0.4, -0.2) is 18.9 Å². The van der Waals surface area contributed by atoms with E-state index in [1.807, 2.05) is 0 Å². The Morgan fingerprint density at radius 3 is 2.50 bits per heavy atom. The first-order chi connectivity index (χ1) is 7.52. The van der Waals surface area contributed by atoms with Crippen LogP contribution in [0, 0.1) is 11.3 Å². The van der Waals surface area contributed by atoms with Crippen LogP contribution in [0.4, 0.5) is 0 Å². The second-order valence-electron chi connectivity index (χ2n) is 5.95. The third-order valence-corrected chi connectivity index (χ3v) is 3.92. The molecule has 0 saturated heterocycles. The average molecular weight is 225 g/mol. The van der Waals surface area contributed by atoms with Gasteiger partial charge in [-0.2, -0.15) is 0 Å². The Morgan fingerprint density at radius 2 is 1.94 bits per heavy atom. The van der Waals surface area contributed by atoms with Crippen molar-refractivity contribution in [1.82, 2.24) is 5.32 Å². The van der Waals surface area contributed by atoms with Crippen LogP contribution in [0.25, 0.3) is 0 Å². The van der Waals surface area contributed by atoms with E-state index in [4.69, 9.17) is 0 Å². The average Bonchev–Trinajstić information content (AvgIpc) is 2.69. The lowest BCUT2D eigenvalue weighted by Gasteiger charge is -2.32. The lowest BCUT2D eigenvalue weighted by Crippen LogP contribution is -2.35. The second kappa shape index (κ2) is 6.39. The fourth-order valence-electron chi connectivity index (χ4n) is 2.72. The summed E-state index contributed by atoms with van der Waals surface area (Å²) in [6.07, 6.45) is 7.34. The van der Waals surface area contributed by atoms with E-state index >= 15 is 0 Å². The highest BCUT2D eigenvalue weighted by Gasteiger charge is 2.31. The number of carbonyl (C=O) groups is 1. The Bertz CT molecular complexity index is 217. The zero-order valence-electron chi connectivity index (χ0n) is 11.1. The van der Waals surface area contributed by atoms with Gasteiger partial charge in [-0.05, 0) is 44.1 Å². The van der Waals surface area contributed by atoms with Gasteiger partial charge in [0.2, 0.25) is 0 Å². The van der Waals surface area contributed by atoms with E-state index in [1.54, 1.807) is 6.92 Å². The van der Waals surface area contributed by atoms with E-state index in [9.17, 15) is 4.79 Å². The molecule has 1 rings (SSSR count). The summed E-state index contributed by atoms with van der Waals surface area (Å²) >= 11 is 0. The van der Waals surface area contributed by atoms with Crippen molar-refractivity contribution in [2.45, 2.75) is 59.3 Å². The first-order valence-electron chi connectivity index (χ1n) is 6.72. The molecule has 0 amide bonds. The van der Waals surface area contributed by atoms with Crippen LogP contribution in [-0.2, 0) is 4.79 Å². The number of Topliss-reactive ketones (excluding diaryl/α,β-unsaturated/α-hetero) is 1. The Morgan fingerprint density at radius 1 is 1.31 bits per heavy atom. The largest absolute Gasteiger partial charge is 0.316 e. The molecule has 1 fully saturated rings. The summed E-state index contributed by atoms with van der Waals surface area (Å²) in [4.78, 5) is 10.8. The number of ketones is 1. The van der Waals surface area contributed by atoms with Gasteiger partial charge in [0, 0.05) is 13.0 Å². The molecule has 0 spiro atoms. The van der Waals surface area contributed by atoms with Crippen LogP contribution in [0.3, 0.4) is 0 Å². The van der Waals surface area contributed by atoms with Crippen molar-refractivity contribution in [2.75, 3.05) is 13.1 Å². The maximum atomic E-state index is 10.8. The molecule has 2 nitrogen and oxygen atoms in total. The molecule has 1 aliphatic rings. The Labute approximate surface area is 100 Å². The molecule has 16 heavy (non-hydrogen) atoms. The lowest BCUT2D eigenvalue weighted by atomic mass is 9.78. The summed E-state index contributed by atoms with van der Waals surface area (Å²) in [6.45, 7) is 8.50. The van der Waals surface area contributed by atoms with Gasteiger partial charge in [-0.25, -0.2) is 0 Å². The van der Waals surface area contributed by atoms with Crippen LogP contribution >= 0.6 is 0 Å². The zero-order chi connectivity index (χ0) is 12.0. The van der Waals surface area contributed by atoms with Crippen molar-refractivity contribution in [1.29, 1.82) is 0 Å². The molecular weight excluding hydrogens is 198 g/mol. The molecule has 0 radical (unpaired) electrons. The van der Waals surface area contributed by atoms with Gasteiger partial charge in [0.25, 0.3) is 0 Å². The third kappa shape index (κ3) is 4.65. The fraction of sp³-hybridized carbons (Fsp3) is 0.929. The molecule has 1 N–H and O–H groups in total. The van der Waals surface area contributed by atoms with E-state index in [0.29, 0.717) is 11.2 Å². The van der Waals surface area contributed by atoms with Crippen LogP contribution in [0.5, 0.6) is 0 Å². The Balaban J connectivity index is 2.12. The van der Waals surface area contributed by atoms with Gasteiger partial charge in [-0.1, -0.05) is 26.7 Å². The minimum atomic E-state index is 0.303. The van der Waals surface area contributed by atoms with Gasteiger partial charge in [-0.3, -0.25) is 0 Å². The Kier molecular flexibility index (Phi) is 5.47. The summed E-state index contributed by atoms with van der Waals surface area (Å²) in [6, 6.07) is 0. The van der Waals surface area contributed by atoms with Crippen molar-refractivity contribution in [2.24, 2.45) is 11.3 Å². The first kappa shape index (κ1) is 13.7. The first-order valence-corrected chi connectivity index (χ1v) is 6.72. The van der Waals surface area contributed by atoms with E-state index in [0.717, 1.165) is 31.8 Å². The van der Waals surface area contributed by atoms with Gasteiger partial charge in [-0.15, -0.1) is 0 Å². The molecule has 0 aromatic heterocycles. The topological polar surface area (TPSA) is 29.1 Å². The molecule has 0 aromatic carbocycles. The quantitative estimate of drug-likeness (QED) is 0.674. The SMILES string of the molecule is CC(=O)CCCNCC(C)(C)C1CCCC1. The van der Waals surface area contributed by atoms with Crippen molar-refractivity contribution < 1.29 is 4.79 Å². The number of hydrogen-bond acceptors (Lipinski definition) is 2. The Hall–Kier alpha value is -0.370. The third-order valence-electron chi connectivity index (χ3n) is 3.92. The van der Waals surface area contributed by atoms with E-state index in [1.165, 1.54) is 25.7 Å². The van der Waals surface area contributed by atoms with E-state index < -0.39 is 0 Å². The summed E-state index contributed by atoms with van der Waals surface area (Å²) in [5.41, 5.74) is 0.423. The highest BCUT2D eigenvalue weighted by molar-refractivity contribution is 5.75. The number of hydrogen-bond donors (Lipinski definition) is 1. The molecule has 94 valence electrons. The van der Waals surface area contributed by atoms with Gasteiger partial charge in [0.05, 0.1) is 0 Å². The molecule has 0 heterocycles.